The van der Waals surface area contributed by atoms with E-state index in [0.717, 1.165) is 17.0 Å². The van der Waals surface area contributed by atoms with E-state index in [2.05, 4.69) is 0 Å². The second kappa shape index (κ2) is 4.46. The molecule has 1 heterocycles. The molecule has 1 aromatic rings. The molecule has 94 valence electrons. The van der Waals surface area contributed by atoms with Gasteiger partial charge in [0.2, 0.25) is 0 Å². The number of aromatic carboxylic acids is 1. The third-order valence-corrected chi connectivity index (χ3v) is 2.42. The van der Waals surface area contributed by atoms with Crippen molar-refractivity contribution >= 4 is 23.5 Å². The molecule has 1 aliphatic heterocycles. The quantitative estimate of drug-likeness (QED) is 0.716. The van der Waals surface area contributed by atoms with Crippen LogP contribution in [0.15, 0.2) is 18.2 Å². The zero-order valence-electron chi connectivity index (χ0n) is 9.12. The minimum absolute atomic E-state index is 0.100. The topological polar surface area (TPSA) is 104 Å². The summed E-state index contributed by atoms with van der Waals surface area (Å²) in [5.41, 5.74) is -0.275. The van der Waals surface area contributed by atoms with Crippen molar-refractivity contribution in [2.75, 3.05) is 18.1 Å². The molecule has 2 amide bonds. The summed E-state index contributed by atoms with van der Waals surface area (Å²) >= 11 is 0. The van der Waals surface area contributed by atoms with Gasteiger partial charge >= 0.3 is 5.97 Å². The molecule has 0 saturated carbocycles. The average molecular weight is 251 g/mol. The van der Waals surface area contributed by atoms with Gasteiger partial charge in [0.1, 0.15) is 24.5 Å². The first-order chi connectivity index (χ1) is 8.50. The number of anilines is 1. The number of ether oxygens (including phenoxy) is 1. The molecule has 0 aromatic heterocycles. The van der Waals surface area contributed by atoms with Crippen LogP contribution in [-0.4, -0.2) is 41.2 Å². The van der Waals surface area contributed by atoms with Crippen LogP contribution in [0.1, 0.15) is 10.4 Å². The van der Waals surface area contributed by atoms with Gasteiger partial charge in [-0.3, -0.25) is 9.59 Å². The van der Waals surface area contributed by atoms with Crippen molar-refractivity contribution in [3.8, 4) is 5.75 Å². The van der Waals surface area contributed by atoms with Crippen LogP contribution >= 0.6 is 0 Å². The third-order valence-electron chi connectivity index (χ3n) is 2.42. The number of amides is 2. The standard InChI is InChI=1S/C11H9NO6/c13-8-2-1-6(3-7(8)11(16)17)12-9(14)4-18-5-10(12)15/h1-3,13H,4-5H2,(H,16,17). The van der Waals surface area contributed by atoms with E-state index in [9.17, 15) is 19.5 Å². The summed E-state index contributed by atoms with van der Waals surface area (Å²) in [6, 6.07) is 3.48. The molecule has 1 saturated heterocycles. The van der Waals surface area contributed by atoms with Crippen LogP contribution in [-0.2, 0) is 14.3 Å². The molecule has 0 spiro atoms. The monoisotopic (exact) mass is 251 g/mol. The highest BCUT2D eigenvalue weighted by molar-refractivity contribution is 6.17. The number of imide groups is 1. The zero-order valence-corrected chi connectivity index (χ0v) is 9.12. The smallest absolute Gasteiger partial charge is 0.339 e. The number of carbonyl (C=O) groups is 3. The summed E-state index contributed by atoms with van der Waals surface area (Å²) in [5.74, 6) is -2.93. The van der Waals surface area contributed by atoms with Crippen molar-refractivity contribution in [3.63, 3.8) is 0 Å². The number of nitrogens with zero attached hydrogens (tertiary/aromatic N) is 1. The molecule has 1 aliphatic rings. The van der Waals surface area contributed by atoms with E-state index in [4.69, 9.17) is 9.84 Å². The van der Waals surface area contributed by atoms with Gasteiger partial charge < -0.3 is 14.9 Å². The fourth-order valence-corrected chi connectivity index (χ4v) is 1.62. The molecule has 0 aliphatic carbocycles. The van der Waals surface area contributed by atoms with Gasteiger partial charge in [0.15, 0.2) is 0 Å². The second-order valence-electron chi connectivity index (χ2n) is 3.62. The van der Waals surface area contributed by atoms with E-state index in [1.54, 1.807) is 0 Å². The number of rotatable bonds is 2. The first-order valence-corrected chi connectivity index (χ1v) is 5.00. The third kappa shape index (κ3) is 2.03. The van der Waals surface area contributed by atoms with Gasteiger partial charge in [0.05, 0.1) is 5.69 Å². The Morgan fingerprint density at radius 2 is 1.83 bits per heavy atom. The highest BCUT2D eigenvalue weighted by atomic mass is 16.5. The molecule has 0 bridgehead atoms. The number of hydrogen-bond acceptors (Lipinski definition) is 5. The molecule has 1 fully saturated rings. The Kier molecular flexibility index (Phi) is 2.99. The Morgan fingerprint density at radius 3 is 2.39 bits per heavy atom. The largest absolute Gasteiger partial charge is 0.507 e. The van der Waals surface area contributed by atoms with Crippen LogP contribution in [0.5, 0.6) is 5.75 Å². The van der Waals surface area contributed by atoms with Crippen LogP contribution in [0.2, 0.25) is 0 Å². The molecule has 2 N–H and O–H groups in total. The lowest BCUT2D eigenvalue weighted by Gasteiger charge is -2.25. The number of hydrogen-bond donors (Lipinski definition) is 2. The maximum Gasteiger partial charge on any atom is 0.339 e. The van der Waals surface area contributed by atoms with Crippen LogP contribution in [0, 0.1) is 0 Å². The van der Waals surface area contributed by atoms with E-state index >= 15 is 0 Å². The summed E-state index contributed by atoms with van der Waals surface area (Å²) in [6.07, 6.45) is 0. The average Bonchev–Trinajstić information content (AvgIpc) is 2.30. The van der Waals surface area contributed by atoms with Crippen molar-refractivity contribution in [1.29, 1.82) is 0 Å². The normalized spacial score (nSPS) is 15.9. The van der Waals surface area contributed by atoms with E-state index in [1.165, 1.54) is 6.07 Å². The summed E-state index contributed by atoms with van der Waals surface area (Å²) in [5, 5.41) is 18.2. The lowest BCUT2D eigenvalue weighted by Crippen LogP contribution is -2.46. The Balaban J connectivity index is 2.44. The van der Waals surface area contributed by atoms with E-state index in [0.29, 0.717) is 0 Å². The van der Waals surface area contributed by atoms with Gasteiger partial charge in [0, 0.05) is 0 Å². The summed E-state index contributed by atoms with van der Waals surface area (Å²) in [4.78, 5) is 34.8. The van der Waals surface area contributed by atoms with Gasteiger partial charge in [-0.15, -0.1) is 0 Å². The first kappa shape index (κ1) is 12.1. The van der Waals surface area contributed by atoms with Gasteiger partial charge in [0.25, 0.3) is 11.8 Å². The number of aromatic hydroxyl groups is 1. The Labute approximate surface area is 101 Å². The maximum atomic E-state index is 11.5. The van der Waals surface area contributed by atoms with Crippen molar-refractivity contribution in [3.05, 3.63) is 23.8 Å². The van der Waals surface area contributed by atoms with Crippen molar-refractivity contribution in [2.24, 2.45) is 0 Å². The highest BCUT2D eigenvalue weighted by Crippen LogP contribution is 2.25. The first-order valence-electron chi connectivity index (χ1n) is 5.00. The Bertz CT molecular complexity index is 522. The van der Waals surface area contributed by atoms with Crippen LogP contribution in [0.3, 0.4) is 0 Å². The van der Waals surface area contributed by atoms with Gasteiger partial charge in [-0.2, -0.15) is 0 Å². The number of morpholine rings is 1. The molecule has 1 aromatic carbocycles. The predicted molar refractivity (Wildman–Crippen MR) is 58.4 cm³/mol. The highest BCUT2D eigenvalue weighted by Gasteiger charge is 2.29. The van der Waals surface area contributed by atoms with Crippen LogP contribution in [0.4, 0.5) is 5.69 Å². The molecular weight excluding hydrogens is 242 g/mol. The minimum Gasteiger partial charge on any atom is -0.507 e. The molecule has 0 unspecified atom stereocenters. The second-order valence-corrected chi connectivity index (χ2v) is 3.62. The summed E-state index contributed by atoms with van der Waals surface area (Å²) in [6.45, 7) is -0.482. The molecule has 7 nitrogen and oxygen atoms in total. The number of carboxylic acid groups (broad SMARTS) is 1. The molecular formula is C11H9NO6. The van der Waals surface area contributed by atoms with Crippen molar-refractivity contribution in [1.82, 2.24) is 0 Å². The van der Waals surface area contributed by atoms with E-state index in [1.807, 2.05) is 0 Å². The number of phenols is 1. The minimum atomic E-state index is -1.34. The van der Waals surface area contributed by atoms with Gasteiger partial charge in [-0.25, -0.2) is 9.69 Å². The van der Waals surface area contributed by atoms with Crippen LogP contribution in [0.25, 0.3) is 0 Å². The summed E-state index contributed by atoms with van der Waals surface area (Å²) in [7, 11) is 0. The maximum absolute atomic E-state index is 11.5. The van der Waals surface area contributed by atoms with Gasteiger partial charge in [-0.1, -0.05) is 0 Å². The zero-order chi connectivity index (χ0) is 13.3. The lowest BCUT2D eigenvalue weighted by atomic mass is 10.1. The molecule has 0 radical (unpaired) electrons. The molecule has 2 rings (SSSR count). The van der Waals surface area contributed by atoms with Crippen molar-refractivity contribution in [2.45, 2.75) is 0 Å². The summed E-state index contributed by atoms with van der Waals surface area (Å²) < 4.78 is 4.74. The predicted octanol–water partition coefficient (Wildman–Crippen LogP) is -0.0198. The number of benzene rings is 1. The van der Waals surface area contributed by atoms with Crippen LogP contribution < -0.4 is 4.90 Å². The Hall–Kier alpha value is -2.41. The SMILES string of the molecule is O=C(O)c1cc(N2C(=O)COCC2=O)ccc1O. The molecule has 0 atom stereocenters. The van der Waals surface area contributed by atoms with Crippen molar-refractivity contribution < 1.29 is 29.3 Å². The molecule has 18 heavy (non-hydrogen) atoms. The lowest BCUT2D eigenvalue weighted by molar-refractivity contribution is -0.138. The fraction of sp³-hybridized carbons (Fsp3) is 0.182. The number of carbonyl (C=O) groups excluding carboxylic acids is 2. The molecule has 7 heteroatoms. The van der Waals surface area contributed by atoms with Gasteiger partial charge in [-0.05, 0) is 18.2 Å². The Morgan fingerprint density at radius 1 is 1.22 bits per heavy atom. The van der Waals surface area contributed by atoms with E-state index < -0.39 is 23.5 Å². The number of carboxylic acids is 1. The van der Waals surface area contributed by atoms with E-state index in [-0.39, 0.29) is 24.5 Å². The fourth-order valence-electron chi connectivity index (χ4n) is 1.62.